The lowest BCUT2D eigenvalue weighted by Crippen LogP contribution is -2.39. The number of para-hydroxylation sites is 1. The molecule has 0 aromatic heterocycles. The molecule has 0 radical (unpaired) electrons. The van der Waals surface area contributed by atoms with Gasteiger partial charge in [0, 0.05) is 6.61 Å². The van der Waals surface area contributed by atoms with E-state index in [1.54, 1.807) is 0 Å². The van der Waals surface area contributed by atoms with Crippen LogP contribution in [0.5, 0.6) is 5.75 Å². The third-order valence-electron chi connectivity index (χ3n) is 2.95. The fourth-order valence-corrected chi connectivity index (χ4v) is 2.32. The minimum atomic E-state index is -0.282. The van der Waals surface area contributed by atoms with Gasteiger partial charge in [-0.25, -0.2) is 0 Å². The molecule has 2 atom stereocenters. The van der Waals surface area contributed by atoms with Crippen molar-refractivity contribution in [1.29, 1.82) is 0 Å². The lowest BCUT2D eigenvalue weighted by Gasteiger charge is -2.17. The molecule has 0 spiro atoms. The highest BCUT2D eigenvalue weighted by Gasteiger charge is 2.23. The third-order valence-corrected chi connectivity index (χ3v) is 3.61. The average Bonchev–Trinajstić information content (AvgIpc) is 2.93. The molecular weight excluding hydrogens is 310 g/mol. The molecule has 1 aliphatic rings. The first-order valence-corrected chi connectivity index (χ1v) is 7.26. The molecule has 1 saturated heterocycles. The van der Waals surface area contributed by atoms with Crippen molar-refractivity contribution in [3.63, 3.8) is 0 Å². The molecule has 0 aliphatic carbocycles. The Hall–Kier alpha value is -1.07. The van der Waals surface area contributed by atoms with E-state index in [2.05, 4.69) is 21.2 Å². The Kier molecular flexibility index (Phi) is 5.22. The van der Waals surface area contributed by atoms with Crippen LogP contribution in [0.3, 0.4) is 0 Å². The third kappa shape index (κ3) is 4.21. The zero-order valence-corrected chi connectivity index (χ0v) is 12.5. The van der Waals surface area contributed by atoms with Gasteiger partial charge in [0.05, 0.1) is 11.0 Å². The monoisotopic (exact) mass is 327 g/mol. The van der Waals surface area contributed by atoms with Crippen molar-refractivity contribution >= 4 is 21.8 Å². The summed E-state index contributed by atoms with van der Waals surface area (Å²) in [6.07, 6.45) is 1.39. The minimum Gasteiger partial charge on any atom is -0.488 e. The maximum Gasteiger partial charge on any atom is 0.249 e. The molecule has 1 N–H and O–H groups in total. The van der Waals surface area contributed by atoms with E-state index in [1.165, 1.54) is 0 Å². The number of amides is 1. The van der Waals surface area contributed by atoms with Crippen LogP contribution in [0.1, 0.15) is 19.8 Å². The SMILES string of the molecule is CC(CNC(=O)C1CCCO1)Oc1ccccc1Br. The normalized spacial score (nSPS) is 20.0. The van der Waals surface area contributed by atoms with E-state index >= 15 is 0 Å². The summed E-state index contributed by atoms with van der Waals surface area (Å²) < 4.78 is 12.0. The molecular formula is C14H18BrNO3. The number of halogens is 1. The largest absolute Gasteiger partial charge is 0.488 e. The van der Waals surface area contributed by atoms with Gasteiger partial charge in [-0.15, -0.1) is 0 Å². The van der Waals surface area contributed by atoms with E-state index in [-0.39, 0.29) is 18.1 Å². The van der Waals surface area contributed by atoms with Crippen molar-refractivity contribution in [2.24, 2.45) is 0 Å². The first-order chi connectivity index (χ1) is 9.16. The summed E-state index contributed by atoms with van der Waals surface area (Å²) in [5.41, 5.74) is 0. The molecule has 2 unspecified atom stereocenters. The summed E-state index contributed by atoms with van der Waals surface area (Å²) in [6, 6.07) is 7.66. The second-order valence-corrected chi connectivity index (χ2v) is 5.46. The van der Waals surface area contributed by atoms with E-state index in [9.17, 15) is 4.79 Å². The summed E-state index contributed by atoms with van der Waals surface area (Å²) in [4.78, 5) is 11.8. The molecule has 1 amide bonds. The Morgan fingerprint density at radius 2 is 2.37 bits per heavy atom. The van der Waals surface area contributed by atoms with Gasteiger partial charge >= 0.3 is 0 Å². The Bertz CT molecular complexity index is 432. The number of hydrogen-bond donors (Lipinski definition) is 1. The number of benzene rings is 1. The smallest absolute Gasteiger partial charge is 0.249 e. The van der Waals surface area contributed by atoms with Gasteiger partial charge < -0.3 is 14.8 Å². The zero-order chi connectivity index (χ0) is 13.7. The van der Waals surface area contributed by atoms with Crippen molar-refractivity contribution in [2.45, 2.75) is 32.0 Å². The molecule has 104 valence electrons. The number of nitrogens with one attached hydrogen (secondary N) is 1. The molecule has 5 heteroatoms. The molecule has 1 fully saturated rings. The highest BCUT2D eigenvalue weighted by Crippen LogP contribution is 2.24. The molecule has 0 saturated carbocycles. The van der Waals surface area contributed by atoms with Crippen molar-refractivity contribution in [2.75, 3.05) is 13.2 Å². The highest BCUT2D eigenvalue weighted by molar-refractivity contribution is 9.10. The number of rotatable bonds is 5. The lowest BCUT2D eigenvalue weighted by molar-refractivity contribution is -0.130. The predicted octanol–water partition coefficient (Wildman–Crippen LogP) is 2.51. The van der Waals surface area contributed by atoms with Gasteiger partial charge in [0.2, 0.25) is 5.91 Å². The summed E-state index contributed by atoms with van der Waals surface area (Å²) in [7, 11) is 0. The fourth-order valence-electron chi connectivity index (χ4n) is 1.94. The van der Waals surface area contributed by atoms with Gasteiger partial charge in [-0.2, -0.15) is 0 Å². The first-order valence-electron chi connectivity index (χ1n) is 6.47. The van der Waals surface area contributed by atoms with Crippen molar-refractivity contribution in [1.82, 2.24) is 5.32 Å². The number of carbonyl (C=O) groups is 1. The fraction of sp³-hybridized carbons (Fsp3) is 0.500. The second kappa shape index (κ2) is 6.91. The van der Waals surface area contributed by atoms with Crippen LogP contribution in [0, 0.1) is 0 Å². The van der Waals surface area contributed by atoms with Gasteiger partial charge in [-0.1, -0.05) is 12.1 Å². The highest BCUT2D eigenvalue weighted by atomic mass is 79.9. The summed E-state index contributed by atoms with van der Waals surface area (Å²) >= 11 is 3.43. The summed E-state index contributed by atoms with van der Waals surface area (Å²) in [6.45, 7) is 3.08. The van der Waals surface area contributed by atoms with Crippen molar-refractivity contribution in [3.8, 4) is 5.75 Å². The Morgan fingerprint density at radius 1 is 1.58 bits per heavy atom. The molecule has 19 heavy (non-hydrogen) atoms. The standard InChI is InChI=1S/C14H18BrNO3/c1-10(19-12-6-3-2-5-11(12)15)9-16-14(17)13-7-4-8-18-13/h2-3,5-6,10,13H,4,7-9H2,1H3,(H,16,17). The van der Waals surface area contributed by atoms with E-state index in [4.69, 9.17) is 9.47 Å². The maximum atomic E-state index is 11.8. The topological polar surface area (TPSA) is 47.6 Å². The molecule has 1 aliphatic heterocycles. The van der Waals surface area contributed by atoms with Gasteiger partial charge in [0.15, 0.2) is 0 Å². The molecule has 2 rings (SSSR count). The molecule has 1 heterocycles. The first kappa shape index (κ1) is 14.3. The Morgan fingerprint density at radius 3 is 3.05 bits per heavy atom. The van der Waals surface area contributed by atoms with Crippen LogP contribution in [0.15, 0.2) is 28.7 Å². The van der Waals surface area contributed by atoms with Crippen molar-refractivity contribution in [3.05, 3.63) is 28.7 Å². The van der Waals surface area contributed by atoms with Crippen LogP contribution in [-0.4, -0.2) is 31.3 Å². The van der Waals surface area contributed by atoms with E-state index in [1.807, 2.05) is 31.2 Å². The van der Waals surface area contributed by atoms with Gasteiger partial charge in [0.25, 0.3) is 0 Å². The van der Waals surface area contributed by atoms with Crippen LogP contribution >= 0.6 is 15.9 Å². The lowest BCUT2D eigenvalue weighted by atomic mass is 10.2. The quantitative estimate of drug-likeness (QED) is 0.903. The molecule has 1 aromatic rings. The maximum absolute atomic E-state index is 11.8. The Balaban J connectivity index is 1.76. The van der Waals surface area contributed by atoms with E-state index in [0.29, 0.717) is 13.2 Å². The molecule has 4 nitrogen and oxygen atoms in total. The van der Waals surface area contributed by atoms with Crippen LogP contribution < -0.4 is 10.1 Å². The van der Waals surface area contributed by atoms with Gasteiger partial charge in [-0.05, 0) is 47.8 Å². The molecule has 1 aromatic carbocycles. The zero-order valence-electron chi connectivity index (χ0n) is 10.9. The summed E-state index contributed by atoms with van der Waals surface area (Å²) in [5.74, 6) is 0.737. The number of ether oxygens (including phenoxy) is 2. The van der Waals surface area contributed by atoms with E-state index < -0.39 is 0 Å². The molecule has 0 bridgehead atoms. The second-order valence-electron chi connectivity index (χ2n) is 4.61. The van der Waals surface area contributed by atoms with Gasteiger partial charge in [0.1, 0.15) is 18.0 Å². The predicted molar refractivity (Wildman–Crippen MR) is 76.2 cm³/mol. The van der Waals surface area contributed by atoms with Gasteiger partial charge in [-0.3, -0.25) is 4.79 Å². The average molecular weight is 328 g/mol. The summed E-state index contributed by atoms with van der Waals surface area (Å²) in [5, 5.41) is 2.86. The Labute approximate surface area is 121 Å². The number of hydrogen-bond acceptors (Lipinski definition) is 3. The van der Waals surface area contributed by atoms with Crippen LogP contribution in [-0.2, 0) is 9.53 Å². The van der Waals surface area contributed by atoms with Crippen LogP contribution in [0.4, 0.5) is 0 Å². The minimum absolute atomic E-state index is 0.0416. The van der Waals surface area contributed by atoms with Crippen LogP contribution in [0.25, 0.3) is 0 Å². The number of carbonyl (C=O) groups excluding carboxylic acids is 1. The van der Waals surface area contributed by atoms with E-state index in [0.717, 1.165) is 23.1 Å². The van der Waals surface area contributed by atoms with Crippen LogP contribution in [0.2, 0.25) is 0 Å². The van der Waals surface area contributed by atoms with Crippen molar-refractivity contribution < 1.29 is 14.3 Å².